The maximum Gasteiger partial charge on any atom is 0.282 e. The van der Waals surface area contributed by atoms with Crippen molar-refractivity contribution in [2.45, 2.75) is 31.2 Å². The monoisotopic (exact) mass is 317 g/mol. The van der Waals surface area contributed by atoms with Crippen LogP contribution >= 0.6 is 12.4 Å². The van der Waals surface area contributed by atoms with Gasteiger partial charge in [0.05, 0.1) is 10.5 Å². The van der Waals surface area contributed by atoms with Crippen LogP contribution in [-0.2, 0) is 0 Å². The number of nitrogens with two attached hydrogens (primary N) is 1. The van der Waals surface area contributed by atoms with E-state index < -0.39 is 27.9 Å². The van der Waals surface area contributed by atoms with Crippen molar-refractivity contribution in [3.05, 3.63) is 39.7 Å². The number of hydrogen-bond acceptors (Lipinski definition) is 4. The molecule has 0 spiro atoms. The summed E-state index contributed by atoms with van der Waals surface area (Å²) >= 11 is 0. The van der Waals surface area contributed by atoms with Gasteiger partial charge in [0.15, 0.2) is 0 Å². The van der Waals surface area contributed by atoms with Gasteiger partial charge in [-0.3, -0.25) is 14.9 Å². The van der Waals surface area contributed by atoms with E-state index in [4.69, 9.17) is 5.73 Å². The lowest BCUT2D eigenvalue weighted by Gasteiger charge is -2.28. The van der Waals surface area contributed by atoms with Crippen LogP contribution < -0.4 is 11.1 Å². The molecule has 116 valence electrons. The Kier molecular flexibility index (Phi) is 5.62. The van der Waals surface area contributed by atoms with Crippen LogP contribution in [0.25, 0.3) is 0 Å². The second kappa shape index (κ2) is 6.82. The summed E-state index contributed by atoms with van der Waals surface area (Å²) in [6, 6.07) is 2.84. The Morgan fingerprint density at radius 1 is 1.43 bits per heavy atom. The van der Waals surface area contributed by atoms with Crippen molar-refractivity contribution in [3.8, 4) is 0 Å². The highest BCUT2D eigenvalue weighted by Crippen LogP contribution is 2.29. The van der Waals surface area contributed by atoms with Gasteiger partial charge in [-0.25, -0.2) is 4.39 Å². The number of nitrogens with zero attached hydrogens (tertiary/aromatic N) is 1. The van der Waals surface area contributed by atoms with Crippen molar-refractivity contribution >= 4 is 24.0 Å². The number of carbonyl (C=O) groups excluding carboxylic acids is 1. The van der Waals surface area contributed by atoms with E-state index in [0.29, 0.717) is 0 Å². The zero-order valence-electron chi connectivity index (χ0n) is 11.3. The third-order valence-corrected chi connectivity index (χ3v) is 3.73. The summed E-state index contributed by atoms with van der Waals surface area (Å²) in [4.78, 5) is 22.4. The van der Waals surface area contributed by atoms with Crippen molar-refractivity contribution < 1.29 is 14.1 Å². The Morgan fingerprint density at radius 2 is 2.05 bits per heavy atom. The molecule has 1 saturated carbocycles. The third-order valence-electron chi connectivity index (χ3n) is 3.73. The standard InChI is InChI=1S/C13H16FN3O3.ClH/c14-9-3-4-11(17(19)20)10(7-9)12(18)16-13(8-15)5-1-2-6-13;/h3-4,7H,1-2,5-6,8,15H2,(H,16,18);1H. The normalized spacial score (nSPS) is 16.1. The minimum absolute atomic E-state index is 0. The van der Waals surface area contributed by atoms with Crippen LogP contribution in [0.3, 0.4) is 0 Å². The van der Waals surface area contributed by atoms with Crippen LogP contribution in [0.15, 0.2) is 18.2 Å². The Bertz CT molecular complexity index is 547. The fourth-order valence-electron chi connectivity index (χ4n) is 2.59. The molecule has 1 aromatic rings. The van der Waals surface area contributed by atoms with E-state index in [1.165, 1.54) is 0 Å². The lowest BCUT2D eigenvalue weighted by molar-refractivity contribution is -0.385. The fourth-order valence-corrected chi connectivity index (χ4v) is 2.59. The van der Waals surface area contributed by atoms with E-state index in [1.54, 1.807) is 0 Å². The van der Waals surface area contributed by atoms with Gasteiger partial charge in [0.25, 0.3) is 11.6 Å². The van der Waals surface area contributed by atoms with Crippen LogP contribution in [0, 0.1) is 15.9 Å². The first-order valence-corrected chi connectivity index (χ1v) is 6.44. The minimum Gasteiger partial charge on any atom is -0.345 e. The van der Waals surface area contributed by atoms with Crippen molar-refractivity contribution in [2.24, 2.45) is 5.73 Å². The largest absolute Gasteiger partial charge is 0.345 e. The Balaban J connectivity index is 0.00000220. The number of rotatable bonds is 4. The minimum atomic E-state index is -0.696. The molecule has 1 aliphatic carbocycles. The number of nitrogens with one attached hydrogen (secondary N) is 1. The third kappa shape index (κ3) is 3.68. The summed E-state index contributed by atoms with van der Waals surface area (Å²) in [5.41, 5.74) is 4.49. The summed E-state index contributed by atoms with van der Waals surface area (Å²) < 4.78 is 13.2. The summed E-state index contributed by atoms with van der Waals surface area (Å²) in [5.74, 6) is -1.34. The fraction of sp³-hybridized carbons (Fsp3) is 0.462. The molecule has 1 fully saturated rings. The van der Waals surface area contributed by atoms with Gasteiger partial charge >= 0.3 is 0 Å². The highest BCUT2D eigenvalue weighted by atomic mass is 35.5. The maximum absolute atomic E-state index is 13.2. The molecule has 8 heteroatoms. The predicted molar refractivity (Wildman–Crippen MR) is 78.0 cm³/mol. The molecule has 0 aliphatic heterocycles. The molecule has 21 heavy (non-hydrogen) atoms. The van der Waals surface area contributed by atoms with Gasteiger partial charge < -0.3 is 11.1 Å². The van der Waals surface area contributed by atoms with Crippen LogP contribution in [0.4, 0.5) is 10.1 Å². The van der Waals surface area contributed by atoms with Crippen molar-refractivity contribution in [3.63, 3.8) is 0 Å². The molecule has 1 amide bonds. The lowest BCUT2D eigenvalue weighted by Crippen LogP contribution is -2.51. The first kappa shape index (κ1) is 17.3. The SMILES string of the molecule is Cl.NCC1(NC(=O)c2cc(F)ccc2[N+](=O)[O-])CCCC1. The summed E-state index contributed by atoms with van der Waals surface area (Å²) in [6.45, 7) is 0.266. The molecule has 0 radical (unpaired) electrons. The molecule has 3 N–H and O–H groups in total. The quantitative estimate of drug-likeness (QED) is 0.656. The van der Waals surface area contributed by atoms with Gasteiger partial charge in [-0.2, -0.15) is 0 Å². The smallest absolute Gasteiger partial charge is 0.282 e. The van der Waals surface area contributed by atoms with Gasteiger partial charge in [-0.15, -0.1) is 12.4 Å². The first-order valence-electron chi connectivity index (χ1n) is 6.44. The summed E-state index contributed by atoms with van der Waals surface area (Å²) in [7, 11) is 0. The van der Waals surface area contributed by atoms with Crippen LogP contribution in [0.1, 0.15) is 36.0 Å². The van der Waals surface area contributed by atoms with Crippen LogP contribution in [-0.4, -0.2) is 22.9 Å². The summed E-state index contributed by atoms with van der Waals surface area (Å²) in [5, 5.41) is 13.6. The Labute approximate surface area is 127 Å². The molecular formula is C13H17ClFN3O3. The second-order valence-corrected chi connectivity index (χ2v) is 5.06. The van der Waals surface area contributed by atoms with Gasteiger partial charge in [0.2, 0.25) is 0 Å². The van der Waals surface area contributed by atoms with Crippen molar-refractivity contribution in [1.29, 1.82) is 0 Å². The topological polar surface area (TPSA) is 98.3 Å². The number of hydrogen-bond donors (Lipinski definition) is 2. The molecule has 2 rings (SSSR count). The average molecular weight is 318 g/mol. The highest BCUT2D eigenvalue weighted by molar-refractivity contribution is 5.98. The van der Waals surface area contributed by atoms with Gasteiger partial charge in [-0.1, -0.05) is 12.8 Å². The molecule has 0 unspecified atom stereocenters. The van der Waals surface area contributed by atoms with Gasteiger partial charge in [-0.05, 0) is 25.0 Å². The van der Waals surface area contributed by atoms with Gasteiger partial charge in [0, 0.05) is 12.6 Å². The molecule has 0 saturated heterocycles. The Hall–Kier alpha value is -1.73. The number of carbonyl (C=O) groups is 1. The van der Waals surface area contributed by atoms with Crippen LogP contribution in [0.5, 0.6) is 0 Å². The predicted octanol–water partition coefficient (Wildman–Crippen LogP) is 2.16. The summed E-state index contributed by atoms with van der Waals surface area (Å²) in [6.07, 6.45) is 3.36. The zero-order valence-corrected chi connectivity index (χ0v) is 12.1. The molecular weight excluding hydrogens is 301 g/mol. The lowest BCUT2D eigenvalue weighted by atomic mass is 9.97. The highest BCUT2D eigenvalue weighted by Gasteiger charge is 2.35. The molecule has 0 atom stereocenters. The second-order valence-electron chi connectivity index (χ2n) is 5.06. The number of amides is 1. The van der Waals surface area contributed by atoms with E-state index in [2.05, 4.69) is 5.32 Å². The van der Waals surface area contributed by atoms with Crippen LogP contribution in [0.2, 0.25) is 0 Å². The maximum atomic E-state index is 13.2. The van der Waals surface area contributed by atoms with E-state index in [9.17, 15) is 19.3 Å². The number of nitro benzene ring substituents is 1. The molecule has 1 aromatic carbocycles. The average Bonchev–Trinajstić information content (AvgIpc) is 2.87. The zero-order chi connectivity index (χ0) is 14.8. The number of halogens is 2. The van der Waals surface area contributed by atoms with E-state index in [0.717, 1.165) is 43.9 Å². The molecule has 0 aromatic heterocycles. The van der Waals surface area contributed by atoms with Crippen molar-refractivity contribution in [2.75, 3.05) is 6.54 Å². The van der Waals surface area contributed by atoms with E-state index in [1.807, 2.05) is 0 Å². The van der Waals surface area contributed by atoms with Crippen molar-refractivity contribution in [1.82, 2.24) is 5.32 Å². The van der Waals surface area contributed by atoms with E-state index in [-0.39, 0.29) is 24.5 Å². The Morgan fingerprint density at radius 3 is 2.57 bits per heavy atom. The molecule has 6 nitrogen and oxygen atoms in total. The molecule has 0 heterocycles. The molecule has 0 bridgehead atoms. The first-order chi connectivity index (χ1) is 9.47. The number of benzene rings is 1. The van der Waals surface area contributed by atoms with Gasteiger partial charge in [0.1, 0.15) is 11.4 Å². The number of nitro groups is 1. The van der Waals surface area contributed by atoms with E-state index >= 15 is 0 Å². The molecule has 1 aliphatic rings.